The average molecular weight is 1050 g/mol. The van der Waals surface area contributed by atoms with Gasteiger partial charge in [-0.25, -0.2) is 13.2 Å². The monoisotopic (exact) mass is 1050 g/mol. The lowest BCUT2D eigenvalue weighted by molar-refractivity contribution is -0.340. The lowest BCUT2D eigenvalue weighted by Gasteiger charge is -2.47. The van der Waals surface area contributed by atoms with Crippen LogP contribution in [0.2, 0.25) is 0 Å². The van der Waals surface area contributed by atoms with Gasteiger partial charge >= 0.3 is 37.1 Å². The highest BCUT2D eigenvalue weighted by atomic mass is 33.1. The van der Waals surface area contributed by atoms with Crippen LogP contribution in [0.4, 0.5) is 11.4 Å². The molecule has 3 aliphatic heterocycles. The van der Waals surface area contributed by atoms with Crippen molar-refractivity contribution in [1.82, 2.24) is 4.72 Å². The third-order valence-corrected chi connectivity index (χ3v) is 14.5. The summed E-state index contributed by atoms with van der Waals surface area (Å²) in [4.78, 5) is 24.9. The topological polar surface area (TPSA) is 440 Å². The van der Waals surface area contributed by atoms with Crippen LogP contribution < -0.4 is 15.4 Å². The van der Waals surface area contributed by atoms with Crippen molar-refractivity contribution in [3.8, 4) is 0 Å². The first-order valence-corrected chi connectivity index (χ1v) is 26.2. The number of hydrogen-bond acceptors (Lipinski definition) is 24. The number of aliphatic hydroxyl groups is 6. The Morgan fingerprint density at radius 2 is 1.56 bits per heavy atom. The van der Waals surface area contributed by atoms with Gasteiger partial charge in [0.05, 0.1) is 19.3 Å². The Balaban J connectivity index is 1.40. The van der Waals surface area contributed by atoms with Gasteiger partial charge in [-0.1, -0.05) is 34.1 Å². The van der Waals surface area contributed by atoms with E-state index >= 15 is 0 Å². The van der Waals surface area contributed by atoms with Gasteiger partial charge in [0.2, 0.25) is 5.91 Å². The smallest absolute Gasteiger partial charge is 0.397 e. The zero-order chi connectivity index (χ0) is 49.1. The molecule has 1 aromatic rings. The molecule has 0 radical (unpaired) electrons. The maximum Gasteiger partial charge on any atom is 0.397 e. The summed E-state index contributed by atoms with van der Waals surface area (Å²) in [6.07, 6.45) is -25.2. The Morgan fingerprint density at radius 1 is 0.879 bits per heavy atom. The number of nitrogens with one attached hydrogen (secondary N) is 3. The summed E-state index contributed by atoms with van der Waals surface area (Å²) >= 11 is 0. The van der Waals surface area contributed by atoms with Crippen LogP contribution in [-0.2, 0) is 72.7 Å². The first-order chi connectivity index (χ1) is 30.8. The molecule has 3 aliphatic rings. The summed E-state index contributed by atoms with van der Waals surface area (Å²) in [6.45, 7) is -2.83. The van der Waals surface area contributed by atoms with Crippen LogP contribution >= 0.6 is 21.6 Å². The predicted octanol–water partition coefficient (Wildman–Crippen LogP) is -3.36. The second-order valence-corrected chi connectivity index (χ2v) is 21.1. The molecule has 1 aromatic carbocycles. The molecule has 1 amide bonds. The lowest BCUT2D eigenvalue weighted by atomic mass is 9.95. The van der Waals surface area contributed by atoms with Crippen LogP contribution in [0.1, 0.15) is 32.1 Å². The fourth-order valence-electron chi connectivity index (χ4n) is 6.86. The third kappa shape index (κ3) is 17.7. The second-order valence-electron chi connectivity index (χ2n) is 14.9. The van der Waals surface area contributed by atoms with E-state index in [-0.39, 0.29) is 5.91 Å². The molecule has 3 heterocycles. The standard InChI is InChI=1S/C33H53N3O25S5/c1-55-27-20(14-57-65(49,50)51)58-32(22(25(27)42)36-64(46,47)48)59-28-26(43)29(61-66(52,53)54)33(60-30(28)31(44)45)56-13-19(38)24(41)23(40)18(37)12-34-15-5-4-6-16(11-15)35-21(39)8-3-2-7-17-9-10-62-63-17/h4-6,11,17-20,22-30,32-34,36-38,40-43H,2-3,7-10,12-14H2,1H3,(H,35,39)(H,44,45)(H,46,47,48)(H,49,50,51)(H,52,53,54)/t17?,18?,19?,20?,22?,23-,24+,25-,26+,27+,28+,29?,30?,32-,33+/m0/s1. The molecule has 7 unspecified atom stereocenters. The van der Waals surface area contributed by atoms with E-state index < -0.39 is 143 Å². The molecule has 0 aliphatic carbocycles. The lowest BCUT2D eigenvalue weighted by Crippen LogP contribution is -2.68. The van der Waals surface area contributed by atoms with Gasteiger partial charge in [0.25, 0.3) is 0 Å². The number of carbonyl (C=O) groups excluding carboxylic acids is 1. The minimum Gasteiger partial charge on any atom is -0.479 e. The predicted molar refractivity (Wildman–Crippen MR) is 225 cm³/mol. The largest absolute Gasteiger partial charge is 0.479 e. The highest BCUT2D eigenvalue weighted by molar-refractivity contribution is 8.77. The summed E-state index contributed by atoms with van der Waals surface area (Å²) < 4.78 is 134. The molecule has 15 atom stereocenters. The van der Waals surface area contributed by atoms with Crippen LogP contribution in [0, 0.1) is 0 Å². The summed E-state index contributed by atoms with van der Waals surface area (Å²) in [5.74, 6) is -1.12. The Bertz CT molecular complexity index is 2070. The Hall–Kier alpha value is -2.17. The number of aliphatic hydroxyl groups excluding tert-OH is 6. The van der Waals surface area contributed by atoms with Crippen LogP contribution in [0.3, 0.4) is 0 Å². The van der Waals surface area contributed by atoms with Crippen molar-refractivity contribution in [3.05, 3.63) is 24.3 Å². The van der Waals surface area contributed by atoms with Gasteiger partial charge in [-0.15, -0.1) is 0 Å². The normalized spacial score (nSPS) is 30.5. The van der Waals surface area contributed by atoms with E-state index in [1.54, 1.807) is 24.3 Å². The van der Waals surface area contributed by atoms with Crippen molar-refractivity contribution in [2.24, 2.45) is 0 Å². The minimum absolute atomic E-state index is 0.200. The van der Waals surface area contributed by atoms with Crippen LogP contribution in [-0.4, -0.2) is 210 Å². The van der Waals surface area contributed by atoms with Gasteiger partial charge < -0.3 is 70.1 Å². The minimum atomic E-state index is -5.64. The molecule has 13 N–H and O–H groups in total. The van der Waals surface area contributed by atoms with E-state index in [1.807, 2.05) is 21.6 Å². The maximum atomic E-state index is 12.5. The van der Waals surface area contributed by atoms with Crippen molar-refractivity contribution in [2.45, 2.75) is 123 Å². The van der Waals surface area contributed by atoms with E-state index in [1.165, 1.54) is 4.72 Å². The number of anilines is 2. The van der Waals surface area contributed by atoms with Crippen LogP contribution in [0.5, 0.6) is 0 Å². The fraction of sp³-hybridized carbons (Fsp3) is 0.758. The molecule has 4 rings (SSSR count). The summed E-state index contributed by atoms with van der Waals surface area (Å²) in [7, 11) is -11.5. The zero-order valence-electron chi connectivity index (χ0n) is 34.5. The fourth-order valence-corrected chi connectivity index (χ4v) is 11.3. The molecule has 33 heteroatoms. The van der Waals surface area contributed by atoms with Gasteiger partial charge in [0, 0.05) is 42.5 Å². The first kappa shape index (κ1) is 56.4. The van der Waals surface area contributed by atoms with E-state index in [0.29, 0.717) is 29.5 Å². The molecule has 66 heavy (non-hydrogen) atoms. The quantitative estimate of drug-likeness (QED) is 0.0245. The van der Waals surface area contributed by atoms with Crippen molar-refractivity contribution in [2.75, 3.05) is 43.3 Å². The van der Waals surface area contributed by atoms with Gasteiger partial charge in [0.1, 0.15) is 54.9 Å². The summed E-state index contributed by atoms with van der Waals surface area (Å²) in [6, 6.07) is 4.13. The maximum absolute atomic E-state index is 12.5. The van der Waals surface area contributed by atoms with E-state index in [0.717, 1.165) is 32.1 Å². The number of aliphatic carboxylic acids is 1. The number of carbonyl (C=O) groups is 2. The van der Waals surface area contributed by atoms with Crippen molar-refractivity contribution < 1.29 is 116 Å². The molecular weight excluding hydrogens is 999 g/mol. The van der Waals surface area contributed by atoms with Gasteiger partial charge in [-0.3, -0.25) is 18.5 Å². The molecule has 28 nitrogen and oxygen atoms in total. The zero-order valence-corrected chi connectivity index (χ0v) is 38.6. The molecule has 0 saturated carbocycles. The molecule has 3 fully saturated rings. The van der Waals surface area contributed by atoms with Crippen molar-refractivity contribution in [3.63, 3.8) is 0 Å². The average Bonchev–Trinajstić information content (AvgIpc) is 3.75. The highest BCUT2D eigenvalue weighted by Crippen LogP contribution is 2.40. The van der Waals surface area contributed by atoms with Crippen molar-refractivity contribution in [1.29, 1.82) is 0 Å². The SMILES string of the molecule is CO[C@@H]1C(COS(=O)(=O)O)O[C@@H](O[C@H]2C(C(=O)O)O[C@@H](OCC(O)[C@@H](O)[C@@H](O)C(O)CNc3cccc(NC(=O)CCCCC4CCSS4)c3)C(OS(=O)(=O)O)[C@@H]2O)C(NS(=O)(=O)O)[C@@H]1O. The molecular formula is C33H53N3O25S5. The molecule has 0 bridgehead atoms. The van der Waals surface area contributed by atoms with Crippen molar-refractivity contribution >= 4 is 75.9 Å². The number of carboxylic acids is 1. The van der Waals surface area contributed by atoms with Crippen LogP contribution in [0.15, 0.2) is 24.3 Å². The summed E-state index contributed by atoms with van der Waals surface area (Å²) in [5, 5.41) is 81.0. The second kappa shape index (κ2) is 25.1. The Morgan fingerprint density at radius 3 is 2.17 bits per heavy atom. The number of methoxy groups -OCH3 is 1. The number of hydrogen-bond donors (Lipinski definition) is 13. The highest BCUT2D eigenvalue weighted by Gasteiger charge is 2.56. The van der Waals surface area contributed by atoms with E-state index in [9.17, 15) is 79.7 Å². The number of rotatable bonds is 26. The van der Waals surface area contributed by atoms with Gasteiger partial charge in [0.15, 0.2) is 24.8 Å². The number of amides is 1. The number of ether oxygens (including phenoxy) is 5. The number of carboxylic acid groups (broad SMARTS) is 1. The molecule has 0 spiro atoms. The van der Waals surface area contributed by atoms with Gasteiger partial charge in [-0.2, -0.15) is 30.0 Å². The van der Waals surface area contributed by atoms with Crippen LogP contribution in [0.25, 0.3) is 0 Å². The van der Waals surface area contributed by atoms with E-state index in [4.69, 9.17) is 28.2 Å². The third-order valence-electron chi connectivity index (χ3n) is 10.0. The number of benzene rings is 1. The first-order valence-electron chi connectivity index (χ1n) is 19.6. The van der Waals surface area contributed by atoms with Gasteiger partial charge in [-0.05, 0) is 37.5 Å². The molecule has 3 saturated heterocycles. The Kier molecular flexibility index (Phi) is 21.5. The van der Waals surface area contributed by atoms with E-state index in [2.05, 4.69) is 19.0 Å². The molecule has 0 aromatic heterocycles. The molecule has 380 valence electrons. The Labute approximate surface area is 386 Å². The number of unbranched alkanes of at least 4 members (excludes halogenated alkanes) is 1. The summed E-state index contributed by atoms with van der Waals surface area (Å²) in [5.41, 5.74) is 0.810.